The van der Waals surface area contributed by atoms with Crippen LogP contribution in [-0.4, -0.2) is 5.91 Å². The van der Waals surface area contributed by atoms with Crippen LogP contribution in [0.4, 0.5) is 0 Å². The molecule has 0 aliphatic heterocycles. The van der Waals surface area contributed by atoms with Crippen molar-refractivity contribution in [2.45, 2.75) is 27.7 Å². The molecule has 1 N–H and O–H groups in total. The summed E-state index contributed by atoms with van der Waals surface area (Å²) in [5.41, 5.74) is 7.12. The average molecular weight is 472 g/mol. The molecule has 0 aromatic heterocycles. The first kappa shape index (κ1) is 25.7. The molecule has 0 heterocycles. The third-order valence-corrected chi connectivity index (χ3v) is 2.43. The number of halogens is 1. The van der Waals surface area contributed by atoms with Gasteiger partial charge in [0.05, 0.1) is 5.91 Å². The van der Waals surface area contributed by atoms with Crippen molar-refractivity contribution in [1.82, 2.24) is 0 Å². The van der Waals surface area contributed by atoms with Crippen LogP contribution in [0.5, 0.6) is 0 Å². The molecular formula is C17H22INOY-2. The Morgan fingerprint density at radius 1 is 0.952 bits per heavy atom. The van der Waals surface area contributed by atoms with Gasteiger partial charge < -0.3 is 10.5 Å². The molecule has 0 unspecified atom stereocenters. The fourth-order valence-corrected chi connectivity index (χ4v) is 1.32. The second-order valence-electron chi connectivity index (χ2n) is 2.91. The average Bonchev–Trinajstić information content (AvgIpc) is 2.53. The van der Waals surface area contributed by atoms with Crippen molar-refractivity contribution < 1.29 is 37.5 Å². The zero-order valence-corrected chi connectivity index (χ0v) is 18.1. The van der Waals surface area contributed by atoms with E-state index in [0.29, 0.717) is 5.56 Å². The summed E-state index contributed by atoms with van der Waals surface area (Å²) in [5, 5.41) is 0. The molecule has 0 aliphatic rings. The van der Waals surface area contributed by atoms with Crippen LogP contribution in [0.15, 0.2) is 54.6 Å². The largest absolute Gasteiger partial charge is 0.664 e. The summed E-state index contributed by atoms with van der Waals surface area (Å²) >= 11 is 2.26. The number of hydrogen-bond donors (Lipinski definition) is 0. The molecule has 113 valence electrons. The minimum atomic E-state index is -0.629. The number of carbonyl (C=O) groups is 1. The topological polar surface area (TPSA) is 40.9 Å². The monoisotopic (exact) mass is 472 g/mol. The molecule has 2 nitrogen and oxygen atoms in total. The van der Waals surface area contributed by atoms with Gasteiger partial charge in [-0.1, -0.05) is 84.2 Å². The van der Waals surface area contributed by atoms with E-state index < -0.39 is 5.91 Å². The third-order valence-electron chi connectivity index (χ3n) is 1.71. The van der Waals surface area contributed by atoms with Crippen LogP contribution in [0.25, 0.3) is 5.73 Å². The molecule has 1 amide bonds. The zero-order chi connectivity index (χ0) is 15.8. The number of carbonyl (C=O) groups excluding carboxylic acids is 1. The molecular weight excluding hydrogens is 450 g/mol. The first-order valence-electron chi connectivity index (χ1n) is 6.63. The molecule has 0 bridgehead atoms. The van der Waals surface area contributed by atoms with E-state index in [9.17, 15) is 4.79 Å². The van der Waals surface area contributed by atoms with Crippen LogP contribution >= 0.6 is 22.6 Å². The van der Waals surface area contributed by atoms with Crippen molar-refractivity contribution in [2.75, 3.05) is 0 Å². The molecule has 2 aromatic carbocycles. The molecule has 0 atom stereocenters. The Morgan fingerprint density at radius 2 is 1.38 bits per heavy atom. The normalized spacial score (nSPS) is 7.29. The van der Waals surface area contributed by atoms with Crippen LogP contribution in [0, 0.1) is 9.64 Å². The SMILES string of the molecule is CC.CC.Ic1cc[c-]cc1.[NH-]C(=O)c1ccccc1.[Y]. The second-order valence-corrected chi connectivity index (χ2v) is 4.16. The van der Waals surface area contributed by atoms with E-state index in [1.165, 1.54) is 3.57 Å². The van der Waals surface area contributed by atoms with Crippen molar-refractivity contribution in [3.63, 3.8) is 0 Å². The fraction of sp³-hybridized carbons (Fsp3) is 0.235. The third kappa shape index (κ3) is 15.9. The summed E-state index contributed by atoms with van der Waals surface area (Å²) in [6.45, 7) is 8.00. The van der Waals surface area contributed by atoms with Gasteiger partial charge in [0.1, 0.15) is 0 Å². The molecule has 1 radical (unpaired) electrons. The van der Waals surface area contributed by atoms with Gasteiger partial charge in [0.15, 0.2) is 0 Å². The quantitative estimate of drug-likeness (QED) is 0.370. The second kappa shape index (κ2) is 19.7. The van der Waals surface area contributed by atoms with E-state index in [4.69, 9.17) is 5.73 Å². The predicted octanol–water partition coefficient (Wildman–Crippen LogP) is 6.02. The number of rotatable bonds is 1. The Kier molecular flexibility index (Phi) is 24.1. The molecule has 21 heavy (non-hydrogen) atoms. The van der Waals surface area contributed by atoms with E-state index in [0.717, 1.165) is 0 Å². The van der Waals surface area contributed by atoms with Crippen LogP contribution in [0.3, 0.4) is 0 Å². The Balaban J connectivity index is -0.000000244. The first-order chi connectivity index (χ1) is 9.70. The van der Waals surface area contributed by atoms with Crippen molar-refractivity contribution >= 4 is 28.5 Å². The van der Waals surface area contributed by atoms with Gasteiger partial charge in [0, 0.05) is 32.7 Å². The smallest absolute Gasteiger partial charge is 0.0796 e. The van der Waals surface area contributed by atoms with Gasteiger partial charge >= 0.3 is 0 Å². The van der Waals surface area contributed by atoms with Gasteiger partial charge in [-0.05, 0) is 5.56 Å². The van der Waals surface area contributed by atoms with Gasteiger partial charge in [-0.2, -0.15) is 30.3 Å². The predicted molar refractivity (Wildman–Crippen MR) is 95.8 cm³/mol. The zero-order valence-electron chi connectivity index (χ0n) is 13.1. The number of amides is 1. The van der Waals surface area contributed by atoms with E-state index in [2.05, 4.69) is 28.7 Å². The fourth-order valence-electron chi connectivity index (χ4n) is 0.956. The molecule has 2 aromatic rings. The molecule has 0 fully saturated rings. The number of hydrogen-bond acceptors (Lipinski definition) is 1. The van der Waals surface area contributed by atoms with Gasteiger partial charge in [-0.25, -0.2) is 0 Å². The van der Waals surface area contributed by atoms with E-state index in [1.54, 1.807) is 24.3 Å². The Labute approximate surface area is 167 Å². The van der Waals surface area contributed by atoms with Gasteiger partial charge in [-0.3, -0.25) is 0 Å². The van der Waals surface area contributed by atoms with E-state index in [-0.39, 0.29) is 32.7 Å². The van der Waals surface area contributed by atoms with E-state index >= 15 is 0 Å². The molecule has 0 spiro atoms. The summed E-state index contributed by atoms with van der Waals surface area (Å²) in [7, 11) is 0. The minimum Gasteiger partial charge on any atom is -0.664 e. The summed E-state index contributed by atoms with van der Waals surface area (Å²) in [6.07, 6.45) is 0. The van der Waals surface area contributed by atoms with Crippen LogP contribution < -0.4 is 0 Å². The minimum absolute atomic E-state index is 0. The molecule has 0 aliphatic carbocycles. The van der Waals surface area contributed by atoms with Crippen LogP contribution in [-0.2, 0) is 32.7 Å². The van der Waals surface area contributed by atoms with Gasteiger partial charge in [0.2, 0.25) is 0 Å². The number of nitrogens with one attached hydrogen (secondary N) is 1. The summed E-state index contributed by atoms with van der Waals surface area (Å²) < 4.78 is 1.26. The molecule has 0 saturated heterocycles. The van der Waals surface area contributed by atoms with Gasteiger partial charge in [-0.15, -0.1) is 0 Å². The van der Waals surface area contributed by atoms with Crippen LogP contribution in [0.1, 0.15) is 38.1 Å². The van der Waals surface area contributed by atoms with E-state index in [1.807, 2.05) is 58.0 Å². The molecule has 2 rings (SSSR count). The standard InChI is InChI=1S/C7H7NO.C6H4I.2C2H6.Y/c8-7(9)6-4-2-1-3-5-6;7-6-4-2-1-3-5-6;2*1-2;/h1-5H,(H2,8,9);2-5H;2*1-2H3;/q;-1;;;/p-1. The first-order valence-corrected chi connectivity index (χ1v) is 7.70. The van der Waals surface area contributed by atoms with Gasteiger partial charge in [0.25, 0.3) is 0 Å². The maximum atomic E-state index is 10.3. The van der Waals surface area contributed by atoms with Crippen molar-refractivity contribution in [3.05, 3.63) is 75.5 Å². The van der Waals surface area contributed by atoms with Crippen molar-refractivity contribution in [1.29, 1.82) is 0 Å². The molecule has 4 heteroatoms. The maximum Gasteiger partial charge on any atom is 0.0796 e. The number of benzene rings is 2. The maximum absolute atomic E-state index is 10.3. The van der Waals surface area contributed by atoms with Crippen molar-refractivity contribution in [3.8, 4) is 0 Å². The Bertz CT molecular complexity index is 435. The summed E-state index contributed by atoms with van der Waals surface area (Å²) in [4.78, 5) is 10.3. The summed E-state index contributed by atoms with van der Waals surface area (Å²) in [5.74, 6) is -0.629. The molecule has 0 saturated carbocycles. The van der Waals surface area contributed by atoms with Crippen LogP contribution in [0.2, 0.25) is 0 Å². The Hall–Kier alpha value is -0.256. The Morgan fingerprint density at radius 3 is 1.62 bits per heavy atom. The summed E-state index contributed by atoms with van der Waals surface area (Å²) in [6, 6.07) is 19.3. The van der Waals surface area contributed by atoms with Crippen molar-refractivity contribution in [2.24, 2.45) is 0 Å².